The average molecular weight is 289 g/mol. The maximum Gasteiger partial charge on any atom is 0.405 e. The number of alkyl halides is 3. The van der Waals surface area contributed by atoms with Gasteiger partial charge in [0.2, 0.25) is 0 Å². The fourth-order valence-corrected chi connectivity index (χ4v) is 2.06. The lowest BCUT2D eigenvalue weighted by atomic mass is 10.1. The van der Waals surface area contributed by atoms with Gasteiger partial charge in [-0.05, 0) is 30.5 Å². The van der Waals surface area contributed by atoms with E-state index in [9.17, 15) is 13.2 Å². The zero-order valence-corrected chi connectivity index (χ0v) is 12.0. The Labute approximate surface area is 118 Å². The van der Waals surface area contributed by atoms with Crippen LogP contribution in [-0.4, -0.2) is 24.2 Å². The van der Waals surface area contributed by atoms with Crippen LogP contribution >= 0.6 is 0 Å². The van der Waals surface area contributed by atoms with Crippen molar-refractivity contribution in [2.45, 2.75) is 45.8 Å². The summed E-state index contributed by atoms with van der Waals surface area (Å²) in [7, 11) is 0. The van der Waals surface area contributed by atoms with E-state index in [0.29, 0.717) is 25.3 Å². The second kappa shape index (κ2) is 7.47. The molecule has 6 heteroatoms. The molecule has 0 atom stereocenters. The number of pyridine rings is 1. The van der Waals surface area contributed by atoms with Crippen LogP contribution in [0.4, 0.5) is 19.0 Å². The first-order valence-corrected chi connectivity index (χ1v) is 6.91. The van der Waals surface area contributed by atoms with E-state index in [1.165, 1.54) is 4.90 Å². The van der Waals surface area contributed by atoms with Gasteiger partial charge in [-0.2, -0.15) is 13.2 Å². The van der Waals surface area contributed by atoms with Gasteiger partial charge in [-0.25, -0.2) is 4.98 Å². The molecule has 0 saturated heterocycles. The molecule has 1 aromatic heterocycles. The highest BCUT2D eigenvalue weighted by atomic mass is 19.4. The number of hydrogen-bond donors (Lipinski definition) is 1. The monoisotopic (exact) mass is 289 g/mol. The number of halogens is 3. The van der Waals surface area contributed by atoms with E-state index in [2.05, 4.69) is 4.98 Å². The van der Waals surface area contributed by atoms with Crippen molar-refractivity contribution < 1.29 is 13.2 Å². The zero-order chi connectivity index (χ0) is 15.2. The Morgan fingerprint density at radius 2 is 1.90 bits per heavy atom. The smallest absolute Gasteiger partial charge is 0.348 e. The normalized spacial score (nSPS) is 11.7. The molecule has 0 unspecified atom stereocenters. The Balaban J connectivity index is 3.07. The van der Waals surface area contributed by atoms with E-state index in [1.807, 2.05) is 19.9 Å². The summed E-state index contributed by atoms with van der Waals surface area (Å²) in [6.07, 6.45) is -1.96. The molecule has 0 saturated carbocycles. The van der Waals surface area contributed by atoms with Crippen LogP contribution in [0, 0.1) is 0 Å². The fraction of sp³-hybridized carbons (Fsp3) is 0.643. The highest BCUT2D eigenvalue weighted by Gasteiger charge is 2.31. The second-order valence-electron chi connectivity index (χ2n) is 4.82. The van der Waals surface area contributed by atoms with Crippen molar-refractivity contribution in [3.63, 3.8) is 0 Å². The number of nitrogens with two attached hydrogens (primary N) is 1. The zero-order valence-electron chi connectivity index (χ0n) is 12.0. The van der Waals surface area contributed by atoms with Gasteiger partial charge in [0.25, 0.3) is 0 Å². The number of aryl methyl sites for hydroxylation is 1. The number of anilines is 1. The van der Waals surface area contributed by atoms with Crippen molar-refractivity contribution in [3.8, 4) is 0 Å². The van der Waals surface area contributed by atoms with Crippen LogP contribution in [-0.2, 0) is 13.0 Å². The molecule has 1 rings (SSSR count). The predicted octanol–water partition coefficient (Wildman–Crippen LogP) is 3.27. The Hall–Kier alpha value is -1.30. The van der Waals surface area contributed by atoms with Gasteiger partial charge in [0.15, 0.2) is 0 Å². The minimum absolute atomic E-state index is 0.304. The topological polar surface area (TPSA) is 42.1 Å². The molecule has 0 aliphatic carbocycles. The van der Waals surface area contributed by atoms with Crippen LogP contribution in [0.5, 0.6) is 0 Å². The molecule has 114 valence electrons. The third-order valence-corrected chi connectivity index (χ3v) is 2.85. The van der Waals surface area contributed by atoms with E-state index in [1.54, 1.807) is 6.07 Å². The van der Waals surface area contributed by atoms with Crippen molar-refractivity contribution in [3.05, 3.63) is 23.4 Å². The first kappa shape index (κ1) is 16.8. The van der Waals surface area contributed by atoms with Gasteiger partial charge in [-0.3, -0.25) is 0 Å². The molecule has 0 bridgehead atoms. The SMILES string of the molecule is CCCc1cc(CN)cc(N(CCC)CC(F)(F)F)n1. The van der Waals surface area contributed by atoms with Gasteiger partial charge < -0.3 is 10.6 Å². The molecule has 0 aliphatic rings. The van der Waals surface area contributed by atoms with E-state index in [4.69, 9.17) is 5.73 Å². The summed E-state index contributed by atoms with van der Waals surface area (Å²) in [6.45, 7) is 3.51. The maximum absolute atomic E-state index is 12.7. The maximum atomic E-state index is 12.7. The van der Waals surface area contributed by atoms with Crippen molar-refractivity contribution in [2.24, 2.45) is 5.73 Å². The van der Waals surface area contributed by atoms with Crippen molar-refractivity contribution in [1.82, 2.24) is 4.98 Å². The summed E-state index contributed by atoms with van der Waals surface area (Å²) in [4.78, 5) is 5.62. The first-order chi connectivity index (χ1) is 9.39. The summed E-state index contributed by atoms with van der Waals surface area (Å²) in [5, 5.41) is 0. The molecule has 20 heavy (non-hydrogen) atoms. The van der Waals surface area contributed by atoms with Crippen LogP contribution < -0.4 is 10.6 Å². The standard InChI is InChI=1S/C14H22F3N3/c1-3-5-12-7-11(9-18)8-13(19-12)20(6-4-2)10-14(15,16)17/h7-8H,3-6,9-10,18H2,1-2H3. The van der Waals surface area contributed by atoms with Gasteiger partial charge >= 0.3 is 6.18 Å². The van der Waals surface area contributed by atoms with E-state index < -0.39 is 12.7 Å². The van der Waals surface area contributed by atoms with Crippen LogP contribution in [0.1, 0.15) is 37.9 Å². The van der Waals surface area contributed by atoms with Gasteiger partial charge in [0.1, 0.15) is 12.4 Å². The van der Waals surface area contributed by atoms with Gasteiger partial charge in [-0.15, -0.1) is 0 Å². The van der Waals surface area contributed by atoms with Gasteiger partial charge in [-0.1, -0.05) is 20.3 Å². The van der Waals surface area contributed by atoms with E-state index in [-0.39, 0.29) is 0 Å². The highest BCUT2D eigenvalue weighted by Crippen LogP contribution is 2.22. The Morgan fingerprint density at radius 3 is 2.40 bits per heavy atom. The van der Waals surface area contributed by atoms with Crippen molar-refractivity contribution in [1.29, 1.82) is 0 Å². The number of rotatable bonds is 7. The molecular formula is C14H22F3N3. The Morgan fingerprint density at radius 1 is 1.20 bits per heavy atom. The number of nitrogens with zero attached hydrogens (tertiary/aromatic N) is 2. The quantitative estimate of drug-likeness (QED) is 0.837. The summed E-state index contributed by atoms with van der Waals surface area (Å²) >= 11 is 0. The number of aromatic nitrogens is 1. The second-order valence-corrected chi connectivity index (χ2v) is 4.82. The fourth-order valence-electron chi connectivity index (χ4n) is 2.06. The first-order valence-electron chi connectivity index (χ1n) is 6.91. The molecule has 0 amide bonds. The summed E-state index contributed by atoms with van der Waals surface area (Å²) < 4.78 is 38.0. The lowest BCUT2D eigenvalue weighted by Gasteiger charge is -2.25. The molecule has 0 aromatic carbocycles. The number of hydrogen-bond acceptors (Lipinski definition) is 3. The third kappa shape index (κ3) is 5.36. The highest BCUT2D eigenvalue weighted by molar-refractivity contribution is 5.43. The van der Waals surface area contributed by atoms with Crippen LogP contribution in [0.25, 0.3) is 0 Å². The van der Waals surface area contributed by atoms with Crippen LogP contribution in [0.2, 0.25) is 0 Å². The summed E-state index contributed by atoms with van der Waals surface area (Å²) in [5.74, 6) is 0.371. The van der Waals surface area contributed by atoms with Gasteiger partial charge in [0, 0.05) is 18.8 Å². The Kier molecular flexibility index (Phi) is 6.26. The molecule has 0 spiro atoms. The minimum Gasteiger partial charge on any atom is -0.348 e. The van der Waals surface area contributed by atoms with Crippen molar-refractivity contribution in [2.75, 3.05) is 18.0 Å². The van der Waals surface area contributed by atoms with Crippen molar-refractivity contribution >= 4 is 5.82 Å². The van der Waals surface area contributed by atoms with Crippen LogP contribution in [0.15, 0.2) is 12.1 Å². The van der Waals surface area contributed by atoms with E-state index >= 15 is 0 Å². The molecule has 0 fully saturated rings. The van der Waals surface area contributed by atoms with Gasteiger partial charge in [0.05, 0.1) is 0 Å². The molecule has 0 aliphatic heterocycles. The largest absolute Gasteiger partial charge is 0.405 e. The average Bonchev–Trinajstić information content (AvgIpc) is 2.36. The molecular weight excluding hydrogens is 267 g/mol. The molecule has 0 radical (unpaired) electrons. The van der Waals surface area contributed by atoms with Crippen LogP contribution in [0.3, 0.4) is 0 Å². The summed E-state index contributed by atoms with van der Waals surface area (Å²) in [5.41, 5.74) is 7.24. The molecule has 1 heterocycles. The minimum atomic E-state index is -4.24. The summed E-state index contributed by atoms with van der Waals surface area (Å²) in [6, 6.07) is 3.52. The lowest BCUT2D eigenvalue weighted by molar-refractivity contribution is -0.119. The predicted molar refractivity (Wildman–Crippen MR) is 74.7 cm³/mol. The van der Waals surface area contributed by atoms with E-state index in [0.717, 1.165) is 24.1 Å². The molecule has 1 aromatic rings. The molecule has 2 N–H and O–H groups in total. The lowest BCUT2D eigenvalue weighted by Crippen LogP contribution is -2.35. The Bertz CT molecular complexity index is 419. The molecule has 3 nitrogen and oxygen atoms in total. The third-order valence-electron chi connectivity index (χ3n) is 2.85.